The molecule has 1 N–H and O–H groups in total. The Morgan fingerprint density at radius 1 is 1.28 bits per heavy atom. The number of halogens is 1. The highest BCUT2D eigenvalue weighted by Crippen LogP contribution is 2.47. The molecule has 2 amide bonds. The molecule has 1 aromatic heterocycles. The number of likely N-dealkylation sites (tertiary alicyclic amines) is 1. The molecule has 11 heteroatoms. The number of aromatic nitrogens is 2. The average molecular weight is 588 g/mol. The summed E-state index contributed by atoms with van der Waals surface area (Å²) in [5.74, 6) is -0.0899. The van der Waals surface area contributed by atoms with Gasteiger partial charge in [0, 0.05) is 32.1 Å². The average Bonchev–Trinajstić information content (AvgIpc) is 3.42. The van der Waals surface area contributed by atoms with Gasteiger partial charge in [-0.05, 0) is 81.5 Å². The van der Waals surface area contributed by atoms with Crippen LogP contribution < -0.4 is 15.0 Å². The van der Waals surface area contributed by atoms with Gasteiger partial charge in [0.25, 0.3) is 0 Å². The second-order valence-corrected chi connectivity index (χ2v) is 12.2. The van der Waals surface area contributed by atoms with Crippen LogP contribution in [0.25, 0.3) is 0 Å². The second-order valence-electron chi connectivity index (χ2n) is 12.2. The number of rotatable bonds is 6. The summed E-state index contributed by atoms with van der Waals surface area (Å²) in [4.78, 5) is 42.2. The van der Waals surface area contributed by atoms with Crippen molar-refractivity contribution in [2.45, 2.75) is 69.4 Å². The van der Waals surface area contributed by atoms with Crippen molar-refractivity contribution in [3.8, 4) is 12.1 Å². The molecule has 6 rings (SSSR count). The first kappa shape index (κ1) is 29.1. The van der Waals surface area contributed by atoms with E-state index in [4.69, 9.17) is 14.7 Å². The largest absolute Gasteiger partial charge is 0.462 e. The van der Waals surface area contributed by atoms with Gasteiger partial charge in [-0.2, -0.15) is 15.2 Å². The summed E-state index contributed by atoms with van der Waals surface area (Å²) >= 11 is 0. The number of likely N-dealkylation sites (N-methyl/N-ethyl adjacent to an activating group) is 1. The fourth-order valence-corrected chi connectivity index (χ4v) is 7.34. The number of ether oxygens (including phenoxy) is 1. The van der Waals surface area contributed by atoms with Crippen molar-refractivity contribution in [3.63, 3.8) is 0 Å². The maximum atomic E-state index is 14.5. The maximum absolute atomic E-state index is 14.5. The number of amides is 2. The van der Waals surface area contributed by atoms with E-state index in [0.717, 1.165) is 43.4 Å². The van der Waals surface area contributed by atoms with E-state index in [1.165, 1.54) is 12.1 Å². The molecule has 1 aliphatic carbocycles. The SMILES string of the molecule is C=CC(=O)N1CCN(c2nc(OC[C@@H]3CCCN3C)nc3c2NC(=O)[C@]2(CCCc4c2ccc(F)c4C)C3)C[C@@H]1CC#N. The van der Waals surface area contributed by atoms with Gasteiger partial charge in [-0.1, -0.05) is 12.6 Å². The molecule has 1 aromatic carbocycles. The summed E-state index contributed by atoms with van der Waals surface area (Å²) < 4.78 is 20.8. The number of carbonyl (C=O) groups excluding carboxylic acids is 2. The molecule has 4 heterocycles. The first-order valence-corrected chi connectivity index (χ1v) is 15.1. The molecule has 1 spiro atoms. The molecule has 2 fully saturated rings. The number of fused-ring (bicyclic) bond motifs is 3. The summed E-state index contributed by atoms with van der Waals surface area (Å²) in [6.07, 6.45) is 6.05. The van der Waals surface area contributed by atoms with Gasteiger partial charge in [-0.25, -0.2) is 4.39 Å². The Morgan fingerprint density at radius 2 is 2.12 bits per heavy atom. The zero-order chi connectivity index (χ0) is 30.3. The first-order chi connectivity index (χ1) is 20.8. The molecule has 0 saturated carbocycles. The van der Waals surface area contributed by atoms with Gasteiger partial charge in [0.1, 0.15) is 18.1 Å². The minimum atomic E-state index is -0.869. The zero-order valence-corrected chi connectivity index (χ0v) is 24.9. The van der Waals surface area contributed by atoms with Gasteiger partial charge in [-0.3, -0.25) is 9.59 Å². The van der Waals surface area contributed by atoms with Crippen LogP contribution in [0.2, 0.25) is 0 Å². The molecular formula is C32H38FN7O3. The van der Waals surface area contributed by atoms with Gasteiger partial charge in [0.05, 0.1) is 29.6 Å². The molecule has 10 nitrogen and oxygen atoms in total. The summed E-state index contributed by atoms with van der Waals surface area (Å²) in [5, 5.41) is 12.7. The number of anilines is 2. The lowest BCUT2D eigenvalue weighted by Crippen LogP contribution is -2.55. The third kappa shape index (κ3) is 5.12. The smallest absolute Gasteiger partial charge is 0.318 e. The lowest BCUT2D eigenvalue weighted by molar-refractivity contribution is -0.128. The molecule has 2 aromatic rings. The van der Waals surface area contributed by atoms with Crippen molar-refractivity contribution in [2.24, 2.45) is 0 Å². The maximum Gasteiger partial charge on any atom is 0.318 e. The fourth-order valence-electron chi connectivity index (χ4n) is 7.34. The Morgan fingerprint density at radius 3 is 2.86 bits per heavy atom. The fraction of sp³-hybridized carbons (Fsp3) is 0.531. The predicted molar refractivity (Wildman–Crippen MR) is 159 cm³/mol. The number of carbonyl (C=O) groups is 2. The van der Waals surface area contributed by atoms with Crippen LogP contribution in [0.4, 0.5) is 15.9 Å². The molecule has 43 heavy (non-hydrogen) atoms. The minimum Gasteiger partial charge on any atom is -0.462 e. The van der Waals surface area contributed by atoms with Gasteiger partial charge < -0.3 is 24.8 Å². The highest BCUT2D eigenvalue weighted by Gasteiger charge is 2.49. The van der Waals surface area contributed by atoms with Crippen LogP contribution in [-0.4, -0.2) is 83.5 Å². The number of hydrogen-bond acceptors (Lipinski definition) is 8. The molecular weight excluding hydrogens is 549 g/mol. The van der Waals surface area contributed by atoms with Crippen molar-refractivity contribution < 1.29 is 18.7 Å². The van der Waals surface area contributed by atoms with Crippen LogP contribution in [0, 0.1) is 24.1 Å². The van der Waals surface area contributed by atoms with Crippen LogP contribution in [0.3, 0.4) is 0 Å². The summed E-state index contributed by atoms with van der Waals surface area (Å²) in [7, 11) is 2.09. The Balaban J connectivity index is 1.39. The van der Waals surface area contributed by atoms with Crippen LogP contribution in [0.5, 0.6) is 6.01 Å². The van der Waals surface area contributed by atoms with E-state index in [1.54, 1.807) is 17.9 Å². The molecule has 3 aliphatic heterocycles. The standard InChI is InChI=1S/C32H38FN7O3/c1-4-27(41)40-16-15-39(18-21(40)11-13-34)29-28-26(35-31(37-29)43-19-22-7-6-14-38(22)3)17-32(30(42)36-28)12-5-8-23-20(2)25(33)10-9-24(23)32/h4,9-10,21-22H,1,5-8,11-12,14-19H2,2-3H3,(H,36,42)/t21-,22-,32+/m0/s1. The van der Waals surface area contributed by atoms with Crippen LogP contribution in [0.15, 0.2) is 24.8 Å². The summed E-state index contributed by atoms with van der Waals surface area (Å²) in [6.45, 7) is 8.07. The lowest BCUT2D eigenvalue weighted by atomic mass is 9.64. The van der Waals surface area contributed by atoms with Crippen LogP contribution >= 0.6 is 0 Å². The van der Waals surface area contributed by atoms with Crippen molar-refractivity contribution >= 4 is 23.3 Å². The topological polar surface area (TPSA) is 115 Å². The highest BCUT2D eigenvalue weighted by molar-refractivity contribution is 6.04. The third-order valence-electron chi connectivity index (χ3n) is 9.81. The predicted octanol–water partition coefficient (Wildman–Crippen LogP) is 3.28. The monoisotopic (exact) mass is 587 g/mol. The van der Waals surface area contributed by atoms with Gasteiger partial charge >= 0.3 is 6.01 Å². The highest BCUT2D eigenvalue weighted by atomic mass is 19.1. The van der Waals surface area contributed by atoms with Crippen LogP contribution in [0.1, 0.15) is 54.5 Å². The molecule has 2 saturated heterocycles. The number of nitrogens with one attached hydrogen (secondary N) is 1. The van der Waals surface area contributed by atoms with Gasteiger partial charge in [0.15, 0.2) is 5.82 Å². The number of nitrogens with zero attached hydrogens (tertiary/aromatic N) is 6. The Hall–Kier alpha value is -4.04. The number of piperazine rings is 1. The van der Waals surface area contributed by atoms with Gasteiger partial charge in [0.2, 0.25) is 11.8 Å². The molecule has 0 radical (unpaired) electrons. The van der Waals surface area contributed by atoms with E-state index in [9.17, 15) is 19.2 Å². The molecule has 0 unspecified atom stereocenters. The molecule has 3 atom stereocenters. The molecule has 226 valence electrons. The quantitative estimate of drug-likeness (QED) is 0.513. The van der Waals surface area contributed by atoms with Crippen molar-refractivity contribution in [3.05, 3.63) is 53.0 Å². The van der Waals surface area contributed by atoms with E-state index in [0.29, 0.717) is 61.8 Å². The van der Waals surface area contributed by atoms with E-state index < -0.39 is 5.41 Å². The van der Waals surface area contributed by atoms with Crippen LogP contribution in [-0.2, 0) is 27.8 Å². The first-order valence-electron chi connectivity index (χ1n) is 15.1. The van der Waals surface area contributed by atoms with E-state index >= 15 is 0 Å². The number of benzene rings is 1. The number of nitriles is 1. The molecule has 0 bridgehead atoms. The normalized spacial score (nSPS) is 25.1. The Labute approximate surface area is 251 Å². The van der Waals surface area contributed by atoms with Crippen molar-refractivity contribution in [1.29, 1.82) is 5.26 Å². The second kappa shape index (κ2) is 11.6. The molecule has 4 aliphatic rings. The Kier molecular flexibility index (Phi) is 7.81. The Bertz CT molecular complexity index is 1510. The van der Waals surface area contributed by atoms with E-state index in [-0.39, 0.29) is 42.1 Å². The summed E-state index contributed by atoms with van der Waals surface area (Å²) in [5.41, 5.74) is 2.70. The third-order valence-corrected chi connectivity index (χ3v) is 9.81. The lowest BCUT2D eigenvalue weighted by Gasteiger charge is -2.44. The van der Waals surface area contributed by atoms with Gasteiger partial charge in [-0.15, -0.1) is 0 Å². The van der Waals surface area contributed by atoms with E-state index in [1.807, 2.05) is 4.90 Å². The zero-order valence-electron chi connectivity index (χ0n) is 24.9. The van der Waals surface area contributed by atoms with Crippen molar-refractivity contribution in [2.75, 3.05) is 50.1 Å². The summed E-state index contributed by atoms with van der Waals surface area (Å²) in [6, 6.07) is 5.57. The number of hydrogen-bond donors (Lipinski definition) is 1. The minimum absolute atomic E-state index is 0.146. The van der Waals surface area contributed by atoms with E-state index in [2.05, 4.69) is 29.9 Å². The van der Waals surface area contributed by atoms with Crippen molar-refractivity contribution in [1.82, 2.24) is 19.8 Å².